The maximum Gasteiger partial charge on any atom is 0.402 e. The Kier molecular flexibility index (Phi) is 4.89. The number of hydrogen-bond acceptors (Lipinski definition) is 0. The standard InChI is InChI=1S/C23H22ClF3N2/c1-3-4-9-22(23(25,26)27,18-12-28-20-7-5-14(2)10-16(18)20)19-13-29-21-8-6-15(24)11-17(19)21/h5-8,10-13,28-29H,3-4,9H2,1-2H3. The number of halogens is 4. The molecule has 0 spiro atoms. The molecule has 2 N–H and O–H groups in total. The fraction of sp³-hybridized carbons (Fsp3) is 0.304. The summed E-state index contributed by atoms with van der Waals surface area (Å²) in [4.78, 5) is 6.08. The monoisotopic (exact) mass is 418 g/mol. The van der Waals surface area contributed by atoms with E-state index in [9.17, 15) is 0 Å². The number of alkyl halides is 3. The third-order valence-corrected chi connectivity index (χ3v) is 6.02. The number of aryl methyl sites for hydroxylation is 1. The zero-order valence-corrected chi connectivity index (χ0v) is 17.0. The summed E-state index contributed by atoms with van der Waals surface area (Å²) in [6.07, 6.45) is -0.380. The second-order valence-electron chi connectivity index (χ2n) is 7.65. The first-order valence-corrected chi connectivity index (χ1v) is 10.1. The smallest absolute Gasteiger partial charge is 0.361 e. The summed E-state index contributed by atoms with van der Waals surface area (Å²) in [6, 6.07) is 10.6. The van der Waals surface area contributed by atoms with Gasteiger partial charge in [0, 0.05) is 39.2 Å². The molecule has 2 nitrogen and oxygen atoms in total. The molecule has 0 radical (unpaired) electrons. The van der Waals surface area contributed by atoms with E-state index in [4.69, 9.17) is 11.6 Å². The molecule has 0 fully saturated rings. The predicted molar refractivity (Wildman–Crippen MR) is 113 cm³/mol. The van der Waals surface area contributed by atoms with Gasteiger partial charge in [-0.05, 0) is 54.8 Å². The van der Waals surface area contributed by atoms with Crippen LogP contribution in [-0.4, -0.2) is 16.1 Å². The molecule has 152 valence electrons. The number of hydrogen-bond donors (Lipinski definition) is 2. The number of rotatable bonds is 5. The van der Waals surface area contributed by atoms with Crippen molar-refractivity contribution in [1.82, 2.24) is 9.97 Å². The molecule has 6 heteroatoms. The molecule has 4 rings (SSSR count). The van der Waals surface area contributed by atoms with Crippen LogP contribution >= 0.6 is 11.6 Å². The van der Waals surface area contributed by atoms with Crippen molar-refractivity contribution in [2.75, 3.05) is 0 Å². The topological polar surface area (TPSA) is 31.6 Å². The number of nitrogens with one attached hydrogen (secondary N) is 2. The molecule has 29 heavy (non-hydrogen) atoms. The molecule has 0 bridgehead atoms. The summed E-state index contributed by atoms with van der Waals surface area (Å²) in [5.41, 5.74) is 0.611. The van der Waals surface area contributed by atoms with Crippen LogP contribution < -0.4 is 0 Å². The Morgan fingerprint density at radius 2 is 1.48 bits per heavy atom. The average Bonchev–Trinajstić information content (AvgIpc) is 3.26. The molecule has 0 amide bonds. The number of aromatic amines is 2. The highest BCUT2D eigenvalue weighted by molar-refractivity contribution is 6.31. The minimum atomic E-state index is -4.49. The van der Waals surface area contributed by atoms with Gasteiger partial charge in [-0.25, -0.2) is 0 Å². The van der Waals surface area contributed by atoms with Crippen molar-refractivity contribution in [2.24, 2.45) is 0 Å². The van der Waals surface area contributed by atoms with E-state index in [1.54, 1.807) is 18.2 Å². The van der Waals surface area contributed by atoms with Gasteiger partial charge in [-0.15, -0.1) is 0 Å². The zero-order valence-electron chi connectivity index (χ0n) is 16.3. The first kappa shape index (κ1) is 19.9. The van der Waals surface area contributed by atoms with E-state index < -0.39 is 11.6 Å². The Balaban J connectivity index is 2.11. The number of unbranched alkanes of at least 4 members (excludes halogenated alkanes) is 1. The largest absolute Gasteiger partial charge is 0.402 e. The number of H-pyrrole nitrogens is 2. The van der Waals surface area contributed by atoms with Gasteiger partial charge in [0.15, 0.2) is 0 Å². The van der Waals surface area contributed by atoms with Crippen LogP contribution in [0.5, 0.6) is 0 Å². The summed E-state index contributed by atoms with van der Waals surface area (Å²) >= 11 is 6.16. The van der Waals surface area contributed by atoms with Crippen LogP contribution in [0.4, 0.5) is 13.2 Å². The van der Waals surface area contributed by atoms with Gasteiger partial charge in [0.05, 0.1) is 0 Å². The molecular formula is C23H22ClF3N2. The first-order valence-electron chi connectivity index (χ1n) is 9.70. The lowest BCUT2D eigenvalue weighted by Crippen LogP contribution is -2.43. The van der Waals surface area contributed by atoms with Gasteiger partial charge >= 0.3 is 6.18 Å². The zero-order chi connectivity index (χ0) is 20.8. The van der Waals surface area contributed by atoms with Crippen LogP contribution in [0.25, 0.3) is 21.8 Å². The van der Waals surface area contributed by atoms with Gasteiger partial charge in [-0.2, -0.15) is 13.2 Å². The number of fused-ring (bicyclic) bond motifs is 2. The molecule has 0 aliphatic carbocycles. The molecular weight excluding hydrogens is 397 g/mol. The van der Waals surface area contributed by atoms with E-state index in [0.29, 0.717) is 39.7 Å². The molecule has 0 saturated heterocycles. The van der Waals surface area contributed by atoms with Crippen LogP contribution in [0.3, 0.4) is 0 Å². The lowest BCUT2D eigenvalue weighted by molar-refractivity contribution is -0.179. The predicted octanol–water partition coefficient (Wildman–Crippen LogP) is 7.65. The quantitative estimate of drug-likeness (QED) is 0.333. The van der Waals surface area contributed by atoms with Gasteiger partial charge in [0.2, 0.25) is 0 Å². The Hall–Kier alpha value is -2.40. The minimum absolute atomic E-state index is 0.0344. The van der Waals surface area contributed by atoms with Gasteiger partial charge in [-0.3, -0.25) is 0 Å². The second kappa shape index (κ2) is 7.13. The van der Waals surface area contributed by atoms with Crippen LogP contribution in [-0.2, 0) is 5.41 Å². The van der Waals surface area contributed by atoms with Crippen molar-refractivity contribution >= 4 is 33.4 Å². The summed E-state index contributed by atoms with van der Waals surface area (Å²) < 4.78 is 45.1. The van der Waals surface area contributed by atoms with E-state index in [2.05, 4.69) is 9.97 Å². The van der Waals surface area contributed by atoms with Gasteiger partial charge in [-0.1, -0.05) is 43.0 Å². The third-order valence-electron chi connectivity index (χ3n) is 5.79. The SMILES string of the molecule is CCCCC(c1c[nH]c2ccc(C)cc12)(c1c[nH]c2ccc(Cl)cc12)C(F)(F)F. The van der Waals surface area contributed by atoms with E-state index in [0.717, 1.165) is 5.56 Å². The Morgan fingerprint density at radius 3 is 2.07 bits per heavy atom. The maximum absolute atomic E-state index is 15.0. The fourth-order valence-corrected chi connectivity index (χ4v) is 4.51. The van der Waals surface area contributed by atoms with Gasteiger partial charge < -0.3 is 9.97 Å². The molecule has 0 aliphatic heterocycles. The van der Waals surface area contributed by atoms with E-state index >= 15 is 13.2 Å². The molecule has 2 aromatic heterocycles. The van der Waals surface area contributed by atoms with E-state index in [1.807, 2.05) is 32.0 Å². The first-order chi connectivity index (χ1) is 13.8. The Morgan fingerprint density at radius 1 is 0.897 bits per heavy atom. The summed E-state index contributed by atoms with van der Waals surface area (Å²) in [5, 5.41) is 1.53. The molecule has 2 aromatic carbocycles. The summed E-state index contributed by atoms with van der Waals surface area (Å²) in [6.45, 7) is 3.80. The van der Waals surface area contributed by atoms with Crippen molar-refractivity contribution in [2.45, 2.75) is 44.7 Å². The summed E-state index contributed by atoms with van der Waals surface area (Å²) in [5.74, 6) is 0. The van der Waals surface area contributed by atoms with E-state index in [-0.39, 0.29) is 17.5 Å². The minimum Gasteiger partial charge on any atom is -0.361 e. The lowest BCUT2D eigenvalue weighted by atomic mass is 9.70. The highest BCUT2D eigenvalue weighted by Gasteiger charge is 2.58. The molecule has 0 saturated carbocycles. The highest BCUT2D eigenvalue weighted by Crippen LogP contribution is 2.53. The summed E-state index contributed by atoms with van der Waals surface area (Å²) in [7, 11) is 0. The van der Waals surface area contributed by atoms with Crippen molar-refractivity contribution in [3.63, 3.8) is 0 Å². The van der Waals surface area contributed by atoms with Gasteiger partial charge in [0.1, 0.15) is 5.41 Å². The molecule has 4 aromatic rings. The Labute approximate surface area is 172 Å². The van der Waals surface area contributed by atoms with E-state index in [1.165, 1.54) is 12.4 Å². The fourth-order valence-electron chi connectivity index (χ4n) is 4.34. The maximum atomic E-state index is 15.0. The number of aromatic nitrogens is 2. The van der Waals surface area contributed by atoms with Crippen molar-refractivity contribution in [1.29, 1.82) is 0 Å². The van der Waals surface area contributed by atoms with Crippen molar-refractivity contribution in [3.05, 3.63) is 70.5 Å². The molecule has 0 aliphatic rings. The average molecular weight is 419 g/mol. The highest BCUT2D eigenvalue weighted by atomic mass is 35.5. The second-order valence-corrected chi connectivity index (χ2v) is 8.09. The van der Waals surface area contributed by atoms with Crippen molar-refractivity contribution in [3.8, 4) is 0 Å². The lowest BCUT2D eigenvalue weighted by Gasteiger charge is -2.36. The van der Waals surface area contributed by atoms with Crippen LogP contribution in [0, 0.1) is 6.92 Å². The van der Waals surface area contributed by atoms with Crippen LogP contribution in [0.2, 0.25) is 5.02 Å². The molecule has 2 heterocycles. The molecule has 1 atom stereocenters. The normalized spacial score (nSPS) is 14.6. The van der Waals surface area contributed by atoms with Crippen LogP contribution in [0.15, 0.2) is 48.8 Å². The Bertz CT molecular complexity index is 1090. The third kappa shape index (κ3) is 3.12. The van der Waals surface area contributed by atoms with Crippen molar-refractivity contribution < 1.29 is 13.2 Å². The van der Waals surface area contributed by atoms with Gasteiger partial charge in [0.25, 0.3) is 0 Å². The van der Waals surface area contributed by atoms with Crippen LogP contribution in [0.1, 0.15) is 42.9 Å². The molecule has 1 unspecified atom stereocenters. The number of benzene rings is 2.